The smallest absolute Gasteiger partial charge is 0.235 e. The molecule has 0 unspecified atom stereocenters. The third kappa shape index (κ3) is 2.67. The summed E-state index contributed by atoms with van der Waals surface area (Å²) in [5.74, 6) is 0.516. The molecule has 1 aliphatic heterocycles. The third-order valence-corrected chi connectivity index (χ3v) is 5.74. The Kier molecular flexibility index (Phi) is 3.97. The van der Waals surface area contributed by atoms with Gasteiger partial charge in [0.2, 0.25) is 10.8 Å². The zero-order valence-electron chi connectivity index (χ0n) is 13.5. The summed E-state index contributed by atoms with van der Waals surface area (Å²) < 4.78 is 15.3. The number of nitrogens with one attached hydrogen (secondary N) is 1. The molecule has 3 heterocycles. The lowest BCUT2D eigenvalue weighted by molar-refractivity contribution is -0.930. The maximum atomic E-state index is 13.8. The number of fused-ring (bicyclic) bond motifs is 1. The number of aromatic nitrogens is 3. The predicted octanol–water partition coefficient (Wildman–Crippen LogP) is 2.10. The molecule has 0 saturated carbocycles. The van der Waals surface area contributed by atoms with Gasteiger partial charge in [0.25, 0.3) is 0 Å². The van der Waals surface area contributed by atoms with Gasteiger partial charge in [-0.15, -0.1) is 5.10 Å². The highest BCUT2D eigenvalue weighted by Crippen LogP contribution is 2.35. The molecule has 0 aliphatic carbocycles. The van der Waals surface area contributed by atoms with E-state index in [0.717, 1.165) is 36.4 Å². The molecule has 0 spiro atoms. The zero-order valence-corrected chi connectivity index (χ0v) is 14.3. The van der Waals surface area contributed by atoms with E-state index in [0.29, 0.717) is 10.8 Å². The van der Waals surface area contributed by atoms with Gasteiger partial charge >= 0.3 is 0 Å². The lowest BCUT2D eigenvalue weighted by Crippen LogP contribution is -3.13. The highest BCUT2D eigenvalue weighted by molar-refractivity contribution is 7.17. The van der Waals surface area contributed by atoms with E-state index in [1.807, 2.05) is 6.07 Å². The molecule has 3 aromatic rings. The number of piperidine rings is 1. The molecule has 2 N–H and O–H groups in total. The number of nitrogens with zero attached hydrogens (tertiary/aromatic N) is 3. The number of benzene rings is 1. The Bertz CT molecular complexity index is 869. The minimum atomic E-state index is -0.247. The number of rotatable bonds is 3. The average Bonchev–Trinajstić information content (AvgIpc) is 3.07. The molecular formula is C17H20FN4OS+. The van der Waals surface area contributed by atoms with Crippen molar-refractivity contribution < 1.29 is 14.4 Å². The summed E-state index contributed by atoms with van der Waals surface area (Å²) in [6.45, 7) is 3.85. The first-order chi connectivity index (χ1) is 11.6. The Morgan fingerprint density at radius 2 is 2.08 bits per heavy atom. The number of thiazole rings is 1. The molecule has 126 valence electrons. The first kappa shape index (κ1) is 15.5. The monoisotopic (exact) mass is 347 g/mol. The quantitative estimate of drug-likeness (QED) is 0.763. The minimum absolute atomic E-state index is 0.0881. The molecule has 0 amide bonds. The molecule has 4 rings (SSSR count). The van der Waals surface area contributed by atoms with Crippen molar-refractivity contribution in [1.82, 2.24) is 14.6 Å². The fraction of sp³-hybridized carbons (Fsp3) is 0.412. The number of aromatic hydroxyl groups is 1. The second-order valence-electron chi connectivity index (χ2n) is 6.35. The minimum Gasteiger partial charge on any atom is -0.492 e. The lowest BCUT2D eigenvalue weighted by atomic mass is 10.0. The van der Waals surface area contributed by atoms with Gasteiger partial charge in [-0.25, -0.2) is 9.37 Å². The van der Waals surface area contributed by atoms with Crippen molar-refractivity contribution in [2.24, 2.45) is 0 Å². The Morgan fingerprint density at radius 1 is 1.29 bits per heavy atom. The van der Waals surface area contributed by atoms with Crippen molar-refractivity contribution in [3.63, 3.8) is 0 Å². The van der Waals surface area contributed by atoms with E-state index in [2.05, 4.69) is 10.1 Å². The van der Waals surface area contributed by atoms with Crippen LogP contribution in [0.2, 0.25) is 0 Å². The average molecular weight is 347 g/mol. The van der Waals surface area contributed by atoms with Gasteiger partial charge in [0.1, 0.15) is 16.5 Å². The number of quaternary nitrogens is 1. The van der Waals surface area contributed by atoms with E-state index < -0.39 is 0 Å². The molecule has 5 nitrogen and oxygen atoms in total. The van der Waals surface area contributed by atoms with E-state index in [1.54, 1.807) is 19.1 Å². The van der Waals surface area contributed by atoms with Crippen LogP contribution in [-0.2, 0) is 0 Å². The van der Waals surface area contributed by atoms with Gasteiger partial charge in [-0.2, -0.15) is 4.52 Å². The predicted molar refractivity (Wildman–Crippen MR) is 90.1 cm³/mol. The molecule has 1 aromatic carbocycles. The highest BCUT2D eigenvalue weighted by Gasteiger charge is 2.33. The van der Waals surface area contributed by atoms with Gasteiger partial charge in [-0.05, 0) is 38.3 Å². The van der Waals surface area contributed by atoms with Crippen LogP contribution in [0.15, 0.2) is 24.3 Å². The Balaban J connectivity index is 1.84. The molecule has 7 heteroatoms. The van der Waals surface area contributed by atoms with Gasteiger partial charge in [0, 0.05) is 5.56 Å². The molecule has 2 aromatic heterocycles. The van der Waals surface area contributed by atoms with Crippen molar-refractivity contribution in [3.8, 4) is 5.88 Å². The normalized spacial score (nSPS) is 17.4. The Labute approximate surface area is 143 Å². The maximum Gasteiger partial charge on any atom is 0.235 e. The van der Waals surface area contributed by atoms with Crippen molar-refractivity contribution >= 4 is 16.3 Å². The molecule has 1 aliphatic rings. The van der Waals surface area contributed by atoms with E-state index in [9.17, 15) is 9.50 Å². The van der Waals surface area contributed by atoms with E-state index >= 15 is 0 Å². The second-order valence-corrected chi connectivity index (χ2v) is 7.36. The lowest BCUT2D eigenvalue weighted by Gasteiger charge is -2.31. The fourth-order valence-corrected chi connectivity index (χ4v) is 4.78. The van der Waals surface area contributed by atoms with Crippen molar-refractivity contribution in [2.75, 3.05) is 13.1 Å². The standard InChI is InChI=1S/C17H19FN4OS/c1-11-19-17-22(20-11)16(23)15(24-17)14(21-8-3-2-4-9-21)12-6-5-7-13(18)10-12/h5-7,10,14,23H,2-4,8-9H2,1H3/p+1/t14-/m0/s1. The highest BCUT2D eigenvalue weighted by atomic mass is 32.1. The van der Waals surface area contributed by atoms with Crippen LogP contribution >= 0.6 is 11.3 Å². The Hall–Kier alpha value is -1.99. The summed E-state index contributed by atoms with van der Waals surface area (Å²) >= 11 is 1.44. The first-order valence-corrected chi connectivity index (χ1v) is 9.10. The van der Waals surface area contributed by atoms with Gasteiger partial charge in [-0.1, -0.05) is 23.5 Å². The molecule has 0 radical (unpaired) electrons. The topological polar surface area (TPSA) is 54.9 Å². The van der Waals surface area contributed by atoms with Gasteiger partial charge in [0.05, 0.1) is 13.1 Å². The number of hydrogen-bond donors (Lipinski definition) is 2. The molecular weight excluding hydrogens is 327 g/mol. The number of hydrogen-bond acceptors (Lipinski definition) is 4. The molecule has 24 heavy (non-hydrogen) atoms. The molecule has 1 atom stereocenters. The third-order valence-electron chi connectivity index (χ3n) is 4.65. The number of aryl methyl sites for hydroxylation is 1. The summed E-state index contributed by atoms with van der Waals surface area (Å²) in [5.41, 5.74) is 0.892. The fourth-order valence-electron chi connectivity index (χ4n) is 3.59. The van der Waals surface area contributed by atoms with Crippen LogP contribution in [-0.4, -0.2) is 32.8 Å². The Morgan fingerprint density at radius 3 is 2.79 bits per heavy atom. The first-order valence-electron chi connectivity index (χ1n) is 8.28. The van der Waals surface area contributed by atoms with Crippen LogP contribution in [0.1, 0.15) is 41.6 Å². The zero-order chi connectivity index (χ0) is 16.7. The molecule has 1 fully saturated rings. The van der Waals surface area contributed by atoms with Gasteiger partial charge in [-0.3, -0.25) is 0 Å². The summed E-state index contributed by atoms with van der Waals surface area (Å²) in [6.07, 6.45) is 3.55. The van der Waals surface area contributed by atoms with Gasteiger partial charge in [0.15, 0.2) is 6.04 Å². The second kappa shape index (κ2) is 6.14. The van der Waals surface area contributed by atoms with Crippen molar-refractivity contribution in [1.29, 1.82) is 0 Å². The van der Waals surface area contributed by atoms with E-state index in [-0.39, 0.29) is 17.7 Å². The van der Waals surface area contributed by atoms with Crippen molar-refractivity contribution in [2.45, 2.75) is 32.2 Å². The van der Waals surface area contributed by atoms with Crippen molar-refractivity contribution in [3.05, 3.63) is 46.3 Å². The van der Waals surface area contributed by atoms with Crippen LogP contribution < -0.4 is 4.90 Å². The molecule has 1 saturated heterocycles. The van der Waals surface area contributed by atoms with Crippen LogP contribution in [0.25, 0.3) is 4.96 Å². The van der Waals surface area contributed by atoms with Crippen LogP contribution in [0.4, 0.5) is 4.39 Å². The summed E-state index contributed by atoms with van der Waals surface area (Å²) in [6, 6.07) is 6.62. The summed E-state index contributed by atoms with van der Waals surface area (Å²) in [5, 5.41) is 15.0. The number of likely N-dealkylation sites (tertiary alicyclic amines) is 1. The molecule has 0 bridgehead atoms. The summed E-state index contributed by atoms with van der Waals surface area (Å²) in [4.78, 5) is 7.22. The maximum absolute atomic E-state index is 13.8. The largest absolute Gasteiger partial charge is 0.492 e. The van der Waals surface area contributed by atoms with E-state index in [1.165, 1.54) is 33.2 Å². The SMILES string of the molecule is Cc1nc2sc([C@H](c3cccc(F)c3)[NH+]3CCCCC3)c(O)n2n1. The number of halogens is 1. The van der Waals surface area contributed by atoms with Crippen LogP contribution in [0.3, 0.4) is 0 Å². The van der Waals surface area contributed by atoms with E-state index in [4.69, 9.17) is 0 Å². The van der Waals surface area contributed by atoms with Crippen LogP contribution in [0, 0.1) is 12.7 Å². The van der Waals surface area contributed by atoms with Gasteiger partial charge < -0.3 is 10.0 Å². The summed E-state index contributed by atoms with van der Waals surface area (Å²) in [7, 11) is 0. The van der Waals surface area contributed by atoms with Crippen LogP contribution in [0.5, 0.6) is 5.88 Å².